The predicted molar refractivity (Wildman–Crippen MR) is 79.0 cm³/mol. The maximum atomic E-state index is 13.0. The molecule has 0 N–H and O–H groups in total. The highest BCUT2D eigenvalue weighted by Crippen LogP contribution is 2.28. The molecule has 0 radical (unpaired) electrons. The molecule has 1 saturated heterocycles. The molecule has 2 atom stereocenters. The van der Waals surface area contributed by atoms with Crippen LogP contribution in [0, 0.1) is 0 Å². The maximum Gasteiger partial charge on any atom is 0.262 e. The summed E-state index contributed by atoms with van der Waals surface area (Å²) in [5.41, 5.74) is 0.509. The SMILES string of the molecule is CC1CN(S(=O)(=O)c2c(Cl)nc3ccccn23)C(C)CO1. The van der Waals surface area contributed by atoms with E-state index in [4.69, 9.17) is 16.3 Å². The van der Waals surface area contributed by atoms with Gasteiger partial charge in [-0.3, -0.25) is 4.40 Å². The van der Waals surface area contributed by atoms with Gasteiger partial charge in [0.25, 0.3) is 10.0 Å². The summed E-state index contributed by atoms with van der Waals surface area (Å²) in [5.74, 6) is 0. The Kier molecular flexibility index (Phi) is 3.69. The summed E-state index contributed by atoms with van der Waals surface area (Å²) in [6.45, 7) is 4.35. The minimum atomic E-state index is -3.74. The molecule has 21 heavy (non-hydrogen) atoms. The fraction of sp³-hybridized carbons (Fsp3) is 0.462. The number of hydrogen-bond donors (Lipinski definition) is 0. The number of ether oxygens (including phenoxy) is 1. The zero-order valence-corrected chi connectivity index (χ0v) is 13.3. The molecular formula is C13H16ClN3O3S. The molecule has 0 amide bonds. The van der Waals surface area contributed by atoms with Crippen molar-refractivity contribution in [1.29, 1.82) is 0 Å². The number of fused-ring (bicyclic) bond motifs is 1. The second-order valence-electron chi connectivity index (χ2n) is 5.20. The van der Waals surface area contributed by atoms with E-state index >= 15 is 0 Å². The Bertz CT molecular complexity index is 774. The van der Waals surface area contributed by atoms with Crippen molar-refractivity contribution in [2.45, 2.75) is 31.0 Å². The van der Waals surface area contributed by atoms with Crippen LogP contribution in [0.5, 0.6) is 0 Å². The number of pyridine rings is 1. The molecule has 0 aromatic carbocycles. The van der Waals surface area contributed by atoms with E-state index in [1.165, 1.54) is 8.71 Å². The second-order valence-corrected chi connectivity index (χ2v) is 7.37. The van der Waals surface area contributed by atoms with Crippen LogP contribution in [0.15, 0.2) is 29.4 Å². The Labute approximate surface area is 128 Å². The van der Waals surface area contributed by atoms with Crippen LogP contribution < -0.4 is 0 Å². The third-order valence-corrected chi connectivity index (χ3v) is 5.93. The number of nitrogens with zero attached hydrogens (tertiary/aromatic N) is 3. The molecule has 2 aromatic heterocycles. The summed E-state index contributed by atoms with van der Waals surface area (Å²) in [6, 6.07) is 5.01. The Morgan fingerprint density at radius 3 is 2.90 bits per heavy atom. The maximum absolute atomic E-state index is 13.0. The number of sulfonamides is 1. The first kappa shape index (κ1) is 14.8. The quantitative estimate of drug-likeness (QED) is 0.842. The first-order chi connectivity index (χ1) is 9.91. The minimum absolute atomic E-state index is 0.00690. The first-order valence-corrected chi connectivity index (χ1v) is 8.49. The summed E-state index contributed by atoms with van der Waals surface area (Å²) in [5, 5.41) is 0.00765. The number of morpholine rings is 1. The summed E-state index contributed by atoms with van der Waals surface area (Å²) >= 11 is 6.09. The molecule has 2 unspecified atom stereocenters. The van der Waals surface area contributed by atoms with Crippen LogP contribution in [0.3, 0.4) is 0 Å². The van der Waals surface area contributed by atoms with Crippen LogP contribution >= 0.6 is 11.6 Å². The Morgan fingerprint density at radius 1 is 1.38 bits per heavy atom. The number of imidazole rings is 1. The molecule has 1 aliphatic rings. The monoisotopic (exact) mass is 329 g/mol. The highest BCUT2D eigenvalue weighted by atomic mass is 35.5. The van der Waals surface area contributed by atoms with Crippen molar-refractivity contribution < 1.29 is 13.2 Å². The molecule has 3 heterocycles. The summed E-state index contributed by atoms with van der Waals surface area (Å²) in [4.78, 5) is 4.11. The smallest absolute Gasteiger partial charge is 0.262 e. The standard InChI is InChI=1S/C13H16ClN3O3S/c1-9-8-20-10(2)7-17(9)21(18,19)13-12(14)15-11-5-3-4-6-16(11)13/h3-6,9-10H,7-8H2,1-2H3. The lowest BCUT2D eigenvalue weighted by atomic mass is 10.2. The highest BCUT2D eigenvalue weighted by molar-refractivity contribution is 7.89. The largest absolute Gasteiger partial charge is 0.375 e. The van der Waals surface area contributed by atoms with Crippen LogP contribution in [0.4, 0.5) is 0 Å². The van der Waals surface area contributed by atoms with Gasteiger partial charge in [0.05, 0.1) is 12.7 Å². The summed E-state index contributed by atoms with van der Waals surface area (Å²) in [6.07, 6.45) is 1.50. The van der Waals surface area contributed by atoms with Crippen molar-refractivity contribution >= 4 is 27.3 Å². The molecule has 0 saturated carbocycles. The molecule has 0 bridgehead atoms. The topological polar surface area (TPSA) is 63.9 Å². The van der Waals surface area contributed by atoms with E-state index in [0.29, 0.717) is 18.8 Å². The van der Waals surface area contributed by atoms with Gasteiger partial charge in [0, 0.05) is 18.8 Å². The summed E-state index contributed by atoms with van der Waals surface area (Å²) < 4.78 is 34.4. The van der Waals surface area contributed by atoms with Gasteiger partial charge in [-0.2, -0.15) is 4.31 Å². The van der Waals surface area contributed by atoms with E-state index in [-0.39, 0.29) is 22.3 Å². The Hall–Kier alpha value is -1.15. The number of halogens is 1. The van der Waals surface area contributed by atoms with Gasteiger partial charge in [0.2, 0.25) is 0 Å². The van der Waals surface area contributed by atoms with Gasteiger partial charge in [0.1, 0.15) is 5.65 Å². The molecule has 2 aromatic rings. The van der Waals surface area contributed by atoms with E-state index in [1.807, 2.05) is 13.8 Å². The van der Waals surface area contributed by atoms with Gasteiger partial charge in [-0.05, 0) is 26.0 Å². The summed E-state index contributed by atoms with van der Waals surface area (Å²) in [7, 11) is -3.74. The molecule has 3 rings (SSSR count). The second kappa shape index (κ2) is 5.24. The zero-order valence-electron chi connectivity index (χ0n) is 11.7. The van der Waals surface area contributed by atoms with Gasteiger partial charge < -0.3 is 4.74 Å². The van der Waals surface area contributed by atoms with E-state index in [1.54, 1.807) is 24.4 Å². The third-order valence-electron chi connectivity index (χ3n) is 3.55. The molecular weight excluding hydrogens is 314 g/mol. The van der Waals surface area contributed by atoms with Crippen LogP contribution in [0.2, 0.25) is 5.15 Å². The molecule has 0 aliphatic carbocycles. The fourth-order valence-corrected chi connectivity index (χ4v) is 4.79. The zero-order chi connectivity index (χ0) is 15.2. The third kappa shape index (κ3) is 2.44. The van der Waals surface area contributed by atoms with Crippen molar-refractivity contribution in [2.24, 2.45) is 0 Å². The van der Waals surface area contributed by atoms with Crippen molar-refractivity contribution in [3.8, 4) is 0 Å². The molecule has 6 nitrogen and oxygen atoms in total. The number of hydrogen-bond acceptors (Lipinski definition) is 4. The first-order valence-electron chi connectivity index (χ1n) is 6.67. The van der Waals surface area contributed by atoms with Crippen LogP contribution in [-0.2, 0) is 14.8 Å². The molecule has 8 heteroatoms. The van der Waals surface area contributed by atoms with E-state index < -0.39 is 10.0 Å². The van der Waals surface area contributed by atoms with Crippen LogP contribution in [0.25, 0.3) is 5.65 Å². The predicted octanol–water partition coefficient (Wildman–Crippen LogP) is 1.79. The van der Waals surface area contributed by atoms with Gasteiger partial charge in [-0.15, -0.1) is 0 Å². The molecule has 0 spiro atoms. The average molecular weight is 330 g/mol. The van der Waals surface area contributed by atoms with Crippen molar-refractivity contribution in [2.75, 3.05) is 13.2 Å². The van der Waals surface area contributed by atoms with E-state index in [9.17, 15) is 8.42 Å². The van der Waals surface area contributed by atoms with Crippen molar-refractivity contribution in [1.82, 2.24) is 13.7 Å². The molecule has 1 fully saturated rings. The number of rotatable bonds is 2. The van der Waals surface area contributed by atoms with E-state index in [2.05, 4.69) is 4.98 Å². The van der Waals surface area contributed by atoms with Gasteiger partial charge in [0.15, 0.2) is 10.2 Å². The lowest BCUT2D eigenvalue weighted by molar-refractivity contribution is -0.0171. The fourth-order valence-electron chi connectivity index (χ4n) is 2.49. The minimum Gasteiger partial charge on any atom is -0.375 e. The average Bonchev–Trinajstić information content (AvgIpc) is 2.77. The van der Waals surface area contributed by atoms with Gasteiger partial charge in [-0.1, -0.05) is 17.7 Å². The molecule has 1 aliphatic heterocycles. The van der Waals surface area contributed by atoms with E-state index in [0.717, 1.165) is 0 Å². The van der Waals surface area contributed by atoms with Gasteiger partial charge in [-0.25, -0.2) is 13.4 Å². The lowest BCUT2D eigenvalue weighted by Crippen LogP contribution is -2.50. The van der Waals surface area contributed by atoms with Crippen molar-refractivity contribution in [3.05, 3.63) is 29.5 Å². The normalized spacial score (nSPS) is 24.5. The Morgan fingerprint density at radius 2 is 2.14 bits per heavy atom. The molecule has 114 valence electrons. The van der Waals surface area contributed by atoms with Crippen LogP contribution in [0.1, 0.15) is 13.8 Å². The highest BCUT2D eigenvalue weighted by Gasteiger charge is 2.37. The van der Waals surface area contributed by atoms with Crippen LogP contribution in [-0.4, -0.2) is 47.4 Å². The number of aromatic nitrogens is 2. The lowest BCUT2D eigenvalue weighted by Gasteiger charge is -2.35. The van der Waals surface area contributed by atoms with Crippen molar-refractivity contribution in [3.63, 3.8) is 0 Å². The Balaban J connectivity index is 2.14. The van der Waals surface area contributed by atoms with Gasteiger partial charge >= 0.3 is 0 Å².